The molecule has 0 fully saturated rings. The molecule has 9 heteroatoms. The van der Waals surface area contributed by atoms with Crippen molar-refractivity contribution in [2.45, 2.75) is 251 Å². The van der Waals surface area contributed by atoms with E-state index in [4.69, 9.17) is 18.5 Å². The molecule has 8 nitrogen and oxygen atoms in total. The van der Waals surface area contributed by atoms with E-state index in [0.717, 1.165) is 83.5 Å². The number of likely N-dealkylation sites (N-methyl/N-ethyl adjacent to an activating group) is 1. The average Bonchev–Trinajstić information content (AvgIpc) is 3.33. The van der Waals surface area contributed by atoms with Gasteiger partial charge in [-0.05, 0) is 70.6 Å². The number of unbranched alkanes of at least 4 members (excludes halogenated alkanes) is 26. The number of phosphoric acid groups is 1. The third-order valence-corrected chi connectivity index (χ3v) is 13.5. The molecule has 71 heavy (non-hydrogen) atoms. The molecule has 0 saturated heterocycles. The molecule has 0 aliphatic carbocycles. The number of ether oxygens (including phenoxy) is 2. The third-order valence-electron chi connectivity index (χ3n) is 12.5. The summed E-state index contributed by atoms with van der Waals surface area (Å²) < 4.78 is 35.2. The number of hydrogen-bond donors (Lipinski definition) is 1. The van der Waals surface area contributed by atoms with Gasteiger partial charge in [0.1, 0.15) is 19.3 Å². The van der Waals surface area contributed by atoms with Gasteiger partial charge in [0.05, 0.1) is 34.4 Å². The molecule has 0 saturated carbocycles. The minimum atomic E-state index is -4.30. The molecule has 0 aromatic carbocycles. The maximum Gasteiger partial charge on any atom is 0.472 e. The first-order chi connectivity index (χ1) is 34.6. The maximum atomic E-state index is 12.8. The fourth-order valence-electron chi connectivity index (χ4n) is 8.01. The van der Waals surface area contributed by atoms with Gasteiger partial charge in [-0.1, -0.05) is 253 Å². The molecule has 0 radical (unpaired) electrons. The molecule has 0 spiro atoms. The molecule has 0 aromatic heterocycles. The first-order valence-electron chi connectivity index (χ1n) is 29.3. The minimum Gasteiger partial charge on any atom is -0.457 e. The number of carbonyl (C=O) groups is 1. The summed E-state index contributed by atoms with van der Waals surface area (Å²) in [6.45, 7) is 5.42. The van der Waals surface area contributed by atoms with Crippen molar-refractivity contribution in [3.05, 3.63) is 85.1 Å². The number of nitrogens with zero attached hydrogens (tertiary/aromatic N) is 1. The Morgan fingerprint density at radius 3 is 1.20 bits per heavy atom. The van der Waals surface area contributed by atoms with Crippen LogP contribution in [0.15, 0.2) is 85.1 Å². The van der Waals surface area contributed by atoms with Gasteiger partial charge in [0, 0.05) is 13.0 Å². The predicted octanol–water partition coefficient (Wildman–Crippen LogP) is 18.7. The highest BCUT2D eigenvalue weighted by Crippen LogP contribution is 2.43. The second-order valence-corrected chi connectivity index (χ2v) is 22.1. The highest BCUT2D eigenvalue weighted by Gasteiger charge is 2.26. The first kappa shape index (κ1) is 68.7. The molecule has 0 bridgehead atoms. The zero-order chi connectivity index (χ0) is 51.9. The highest BCUT2D eigenvalue weighted by atomic mass is 31.2. The largest absolute Gasteiger partial charge is 0.472 e. The number of hydrogen-bond acceptors (Lipinski definition) is 6. The summed E-state index contributed by atoms with van der Waals surface area (Å²) in [6.07, 6.45) is 73.8. The molecule has 2 unspecified atom stereocenters. The fourth-order valence-corrected chi connectivity index (χ4v) is 8.75. The van der Waals surface area contributed by atoms with E-state index in [0.29, 0.717) is 24.1 Å². The van der Waals surface area contributed by atoms with Crippen LogP contribution in [0.3, 0.4) is 0 Å². The van der Waals surface area contributed by atoms with Crippen LogP contribution in [0.4, 0.5) is 0 Å². The average molecular weight is 1020 g/mol. The van der Waals surface area contributed by atoms with Crippen molar-refractivity contribution in [1.29, 1.82) is 0 Å². The Hall–Kier alpha value is -2.32. The molecule has 0 rings (SSSR count). The van der Waals surface area contributed by atoms with Crippen LogP contribution in [-0.4, -0.2) is 75.6 Å². The number of esters is 1. The lowest BCUT2D eigenvalue weighted by Gasteiger charge is -2.24. The molecule has 0 aliphatic rings. The van der Waals surface area contributed by atoms with E-state index in [-0.39, 0.29) is 25.8 Å². The van der Waals surface area contributed by atoms with Gasteiger partial charge in [-0.15, -0.1) is 0 Å². The molecule has 0 aliphatic heterocycles. The number of allylic oxidation sites excluding steroid dienone is 14. The van der Waals surface area contributed by atoms with Crippen LogP contribution >= 0.6 is 7.82 Å². The summed E-state index contributed by atoms with van der Waals surface area (Å²) in [5, 5.41) is 0. The molecular weight excluding hydrogens is 902 g/mol. The molecule has 0 amide bonds. The second-order valence-electron chi connectivity index (χ2n) is 20.7. The van der Waals surface area contributed by atoms with Crippen molar-refractivity contribution in [2.75, 3.05) is 54.1 Å². The van der Waals surface area contributed by atoms with Crippen molar-refractivity contribution < 1.29 is 37.3 Å². The number of rotatable bonds is 54. The lowest BCUT2D eigenvalue weighted by atomic mass is 10.0. The van der Waals surface area contributed by atoms with E-state index < -0.39 is 13.9 Å². The number of phosphoric ester groups is 1. The fraction of sp³-hybridized carbons (Fsp3) is 0.758. The Kier molecular flexibility index (Phi) is 52.2. The zero-order valence-electron chi connectivity index (χ0n) is 46.9. The van der Waals surface area contributed by atoms with Gasteiger partial charge in [0.25, 0.3) is 0 Å². The molecule has 0 heterocycles. The van der Waals surface area contributed by atoms with E-state index in [9.17, 15) is 14.3 Å². The third kappa shape index (κ3) is 58.4. The van der Waals surface area contributed by atoms with Crippen molar-refractivity contribution in [2.24, 2.45) is 0 Å². The van der Waals surface area contributed by atoms with Gasteiger partial charge in [-0.3, -0.25) is 13.8 Å². The van der Waals surface area contributed by atoms with Crippen LogP contribution in [0, 0.1) is 0 Å². The summed E-state index contributed by atoms with van der Waals surface area (Å²) in [5.41, 5.74) is 0. The lowest BCUT2D eigenvalue weighted by molar-refractivity contribution is -0.870. The molecule has 0 aromatic rings. The van der Waals surface area contributed by atoms with Crippen LogP contribution < -0.4 is 0 Å². The summed E-state index contributed by atoms with van der Waals surface area (Å²) in [7, 11) is 1.64. The summed E-state index contributed by atoms with van der Waals surface area (Å²) in [6, 6.07) is 0. The molecule has 2 atom stereocenters. The lowest BCUT2D eigenvalue weighted by Crippen LogP contribution is -2.37. The van der Waals surface area contributed by atoms with Crippen molar-refractivity contribution in [3.63, 3.8) is 0 Å². The van der Waals surface area contributed by atoms with E-state index in [1.54, 1.807) is 0 Å². The SMILES string of the molecule is CC/C=C\C/C=C\C/C=C\C/C=C\C/C=C\C/C=C\C/C=C\CCCCOCC(COP(=O)(O)OCC[N+](C)(C)C)OC(=O)CCCCCCCCCCCCCCCCCCCCCCCCCCC. The standard InChI is InChI=1S/C62H112NO7P/c1-6-8-10-12-14-16-18-20-22-24-26-28-30-32-33-35-37-39-41-43-45-47-49-51-53-55-62(64)70-61(60-69-71(65,66)68-58-56-63(3,4)5)59-67-57-54-52-50-48-46-44-42-40-38-36-34-31-29-27-25-23-21-19-17-15-13-11-9-7-2/h9,11,15,17,21,23,27,29,34,36,40,42,46,48,61H,6-8,10,12-14,16,18-20,22,24-26,28,30-33,35,37-39,41,43-45,47,49-60H2,1-5H3/p+1/b11-9-,17-15-,23-21-,29-27-,36-34-,42-40-,48-46-. The zero-order valence-corrected chi connectivity index (χ0v) is 47.8. The Balaban J connectivity index is 4.15. The highest BCUT2D eigenvalue weighted by molar-refractivity contribution is 7.47. The number of carbonyl (C=O) groups excluding carboxylic acids is 1. The minimum absolute atomic E-state index is 0.0770. The quantitative estimate of drug-likeness (QED) is 0.0213. The van der Waals surface area contributed by atoms with Crippen LogP contribution in [-0.2, 0) is 27.9 Å². The van der Waals surface area contributed by atoms with Crippen LogP contribution in [0.5, 0.6) is 0 Å². The van der Waals surface area contributed by atoms with Crippen LogP contribution in [0.25, 0.3) is 0 Å². The van der Waals surface area contributed by atoms with E-state index in [1.165, 1.54) is 141 Å². The maximum absolute atomic E-state index is 12.8. The summed E-state index contributed by atoms with van der Waals surface area (Å²) in [5.74, 6) is -0.327. The summed E-state index contributed by atoms with van der Waals surface area (Å²) >= 11 is 0. The second kappa shape index (κ2) is 54.0. The van der Waals surface area contributed by atoms with E-state index in [2.05, 4.69) is 98.9 Å². The van der Waals surface area contributed by atoms with Gasteiger partial charge < -0.3 is 18.9 Å². The predicted molar refractivity (Wildman–Crippen MR) is 307 cm³/mol. The summed E-state index contributed by atoms with van der Waals surface area (Å²) in [4.78, 5) is 23.1. The molecular formula is C62H113NO7P+. The van der Waals surface area contributed by atoms with Gasteiger partial charge >= 0.3 is 13.8 Å². The van der Waals surface area contributed by atoms with E-state index in [1.807, 2.05) is 21.1 Å². The smallest absolute Gasteiger partial charge is 0.457 e. The topological polar surface area (TPSA) is 91.3 Å². The van der Waals surface area contributed by atoms with Crippen molar-refractivity contribution >= 4 is 13.8 Å². The van der Waals surface area contributed by atoms with Gasteiger partial charge in [0.15, 0.2) is 0 Å². The van der Waals surface area contributed by atoms with Gasteiger partial charge in [-0.2, -0.15) is 0 Å². The monoisotopic (exact) mass is 1010 g/mol. The van der Waals surface area contributed by atoms with Gasteiger partial charge in [-0.25, -0.2) is 4.57 Å². The Labute approximate surface area is 439 Å². The van der Waals surface area contributed by atoms with Crippen molar-refractivity contribution in [3.8, 4) is 0 Å². The van der Waals surface area contributed by atoms with Gasteiger partial charge in [0.2, 0.25) is 0 Å². The van der Waals surface area contributed by atoms with Crippen LogP contribution in [0.2, 0.25) is 0 Å². The Morgan fingerprint density at radius 2 is 0.817 bits per heavy atom. The normalized spacial score (nSPS) is 14.1. The Morgan fingerprint density at radius 1 is 0.451 bits per heavy atom. The molecule has 1 N–H and O–H groups in total. The van der Waals surface area contributed by atoms with Crippen molar-refractivity contribution in [1.82, 2.24) is 0 Å². The Bertz CT molecular complexity index is 1410. The van der Waals surface area contributed by atoms with Crippen LogP contribution in [0.1, 0.15) is 245 Å². The number of quaternary nitrogens is 1. The molecule has 412 valence electrons. The first-order valence-corrected chi connectivity index (χ1v) is 30.8. The van der Waals surface area contributed by atoms with E-state index >= 15 is 0 Å².